The summed E-state index contributed by atoms with van der Waals surface area (Å²) in [6, 6.07) is 14.8. The highest BCUT2D eigenvalue weighted by molar-refractivity contribution is 7.21. The van der Waals surface area contributed by atoms with Gasteiger partial charge >= 0.3 is 6.09 Å². The lowest BCUT2D eigenvalue weighted by molar-refractivity contribution is 0.0502. The molecule has 8 nitrogen and oxygen atoms in total. The van der Waals surface area contributed by atoms with Crippen molar-refractivity contribution >= 4 is 44.9 Å². The van der Waals surface area contributed by atoms with Crippen molar-refractivity contribution in [2.45, 2.75) is 38.8 Å². The number of halogens is 2. The maximum Gasteiger partial charge on any atom is 0.407 e. The third-order valence-corrected chi connectivity index (χ3v) is 7.52. The molecule has 0 spiro atoms. The van der Waals surface area contributed by atoms with E-state index in [2.05, 4.69) is 10.6 Å². The number of thiophene rings is 1. The van der Waals surface area contributed by atoms with Crippen LogP contribution in [0, 0.1) is 11.6 Å². The molecule has 1 fully saturated rings. The zero-order valence-electron chi connectivity index (χ0n) is 22.2. The quantitative estimate of drug-likeness (QED) is 0.318. The van der Waals surface area contributed by atoms with Crippen molar-refractivity contribution < 1.29 is 23.1 Å². The monoisotopic (exact) mass is 566 g/mol. The van der Waals surface area contributed by atoms with Gasteiger partial charge in [-0.15, -0.1) is 11.3 Å². The molecule has 40 heavy (non-hydrogen) atoms. The predicted molar refractivity (Wildman–Crippen MR) is 151 cm³/mol. The average molecular weight is 567 g/mol. The maximum absolute atomic E-state index is 14.7. The number of amides is 2. The molecule has 2 N–H and O–H groups in total. The van der Waals surface area contributed by atoms with Crippen molar-refractivity contribution in [1.29, 1.82) is 0 Å². The van der Waals surface area contributed by atoms with Crippen LogP contribution < -0.4 is 16.2 Å². The number of nitrogens with one attached hydrogen (secondary N) is 2. The Bertz CT molecular complexity index is 1650. The fourth-order valence-electron chi connectivity index (χ4n) is 4.58. The fourth-order valence-corrected chi connectivity index (χ4v) is 5.82. The number of aromatic nitrogens is 1. The van der Waals surface area contributed by atoms with Crippen molar-refractivity contribution in [2.75, 3.05) is 18.4 Å². The number of rotatable bonds is 5. The molecule has 11 heteroatoms. The molecule has 1 atom stereocenters. The van der Waals surface area contributed by atoms with Gasteiger partial charge in [-0.1, -0.05) is 18.2 Å². The van der Waals surface area contributed by atoms with Gasteiger partial charge in [0.15, 0.2) is 0 Å². The van der Waals surface area contributed by atoms with Crippen LogP contribution in [0.25, 0.3) is 15.9 Å². The number of nitrogens with zero attached hydrogens (tertiary/aromatic N) is 2. The van der Waals surface area contributed by atoms with E-state index in [9.17, 15) is 23.2 Å². The summed E-state index contributed by atoms with van der Waals surface area (Å²) < 4.78 is 35.1. The van der Waals surface area contributed by atoms with E-state index in [1.54, 1.807) is 56.0 Å². The highest BCUT2D eigenvalue weighted by Crippen LogP contribution is 2.39. The number of carbonyl (C=O) groups excluding carboxylic acids is 2. The molecular formula is C29H28F2N4O4S. The van der Waals surface area contributed by atoms with E-state index in [1.165, 1.54) is 16.7 Å². The largest absolute Gasteiger partial charge is 0.444 e. The molecule has 208 valence electrons. The van der Waals surface area contributed by atoms with Gasteiger partial charge in [0.05, 0.1) is 23.1 Å². The van der Waals surface area contributed by atoms with Gasteiger partial charge in [-0.25, -0.2) is 13.6 Å². The first kappa shape index (κ1) is 27.3. The van der Waals surface area contributed by atoms with Gasteiger partial charge in [0.2, 0.25) is 0 Å². The number of para-hydroxylation sites is 1. The number of carbonyl (C=O) groups is 2. The van der Waals surface area contributed by atoms with Crippen LogP contribution >= 0.6 is 11.3 Å². The topological polar surface area (TPSA) is 92.7 Å². The van der Waals surface area contributed by atoms with Crippen molar-refractivity contribution in [2.24, 2.45) is 0 Å². The van der Waals surface area contributed by atoms with Gasteiger partial charge < -0.3 is 20.3 Å². The summed E-state index contributed by atoms with van der Waals surface area (Å²) in [5.74, 6) is -1.89. The first-order chi connectivity index (χ1) is 19.0. The fraction of sp³-hybridized carbons (Fsp3) is 0.276. The van der Waals surface area contributed by atoms with Crippen LogP contribution in [-0.2, 0) is 4.74 Å². The third-order valence-electron chi connectivity index (χ3n) is 6.34. The maximum atomic E-state index is 14.7. The lowest BCUT2D eigenvalue weighted by atomic mass is 10.2. The van der Waals surface area contributed by atoms with Crippen molar-refractivity contribution in [3.05, 3.63) is 87.5 Å². The zero-order chi connectivity index (χ0) is 28.6. The number of fused-ring (bicyclic) bond motifs is 1. The molecule has 0 saturated carbocycles. The minimum Gasteiger partial charge on any atom is -0.444 e. The predicted octanol–water partition coefficient (Wildman–Crippen LogP) is 5.81. The standard InChI is InChI=1S/C29H28F2N4O4S/c1-29(2,3)39-28(38)32-18-13-14-34(16-18)26(37)25-24(33-22-11-9-17(30)15-21(22)31)20-10-12-23(36)35(27(20)40-25)19-7-5-4-6-8-19/h4-12,15,18,33H,13-14,16H2,1-3H3,(H,32,38)/t18-/m0/s1. The number of hydrogen-bond donors (Lipinski definition) is 2. The molecule has 2 amide bonds. The molecule has 0 radical (unpaired) electrons. The van der Waals surface area contributed by atoms with Gasteiger partial charge in [-0.05, 0) is 57.5 Å². The Kier molecular flexibility index (Phi) is 7.33. The van der Waals surface area contributed by atoms with Gasteiger partial charge in [0.25, 0.3) is 11.5 Å². The molecule has 0 bridgehead atoms. The van der Waals surface area contributed by atoms with Crippen LogP contribution in [0.4, 0.5) is 25.0 Å². The number of pyridine rings is 1. The van der Waals surface area contributed by atoms with E-state index in [4.69, 9.17) is 4.74 Å². The Morgan fingerprint density at radius 3 is 2.50 bits per heavy atom. The van der Waals surface area contributed by atoms with Gasteiger partial charge in [-0.3, -0.25) is 14.2 Å². The summed E-state index contributed by atoms with van der Waals surface area (Å²) in [4.78, 5) is 41.5. The molecule has 1 aliphatic rings. The summed E-state index contributed by atoms with van der Waals surface area (Å²) in [5, 5.41) is 6.32. The number of hydrogen-bond acceptors (Lipinski definition) is 6. The number of alkyl carbamates (subject to hydrolysis) is 1. The van der Waals surface area contributed by atoms with E-state index in [-0.39, 0.29) is 34.6 Å². The minimum atomic E-state index is -0.822. The second-order valence-electron chi connectivity index (χ2n) is 10.5. The number of benzene rings is 2. The molecule has 1 aliphatic heterocycles. The molecule has 0 unspecified atom stereocenters. The van der Waals surface area contributed by atoms with Crippen LogP contribution in [-0.4, -0.2) is 46.2 Å². The van der Waals surface area contributed by atoms with Crippen LogP contribution in [0.1, 0.15) is 36.9 Å². The number of likely N-dealkylation sites (tertiary alicyclic amines) is 1. The van der Waals surface area contributed by atoms with Crippen LogP contribution in [0.5, 0.6) is 0 Å². The second kappa shape index (κ2) is 10.7. The molecule has 3 heterocycles. The van der Waals surface area contributed by atoms with Gasteiger partial charge in [0.1, 0.15) is 26.9 Å². The lowest BCUT2D eigenvalue weighted by Gasteiger charge is -2.22. The molecule has 2 aromatic heterocycles. The highest BCUT2D eigenvalue weighted by Gasteiger charge is 2.32. The first-order valence-electron chi connectivity index (χ1n) is 12.7. The molecule has 0 aliphatic carbocycles. The molecule has 4 aromatic rings. The molecular weight excluding hydrogens is 538 g/mol. The smallest absolute Gasteiger partial charge is 0.407 e. The Labute approximate surface area is 233 Å². The van der Waals surface area contributed by atoms with E-state index in [0.29, 0.717) is 34.6 Å². The average Bonchev–Trinajstić information content (AvgIpc) is 3.49. The van der Waals surface area contributed by atoms with Crippen molar-refractivity contribution in [1.82, 2.24) is 14.8 Å². The van der Waals surface area contributed by atoms with Gasteiger partial charge in [0, 0.05) is 30.6 Å². The van der Waals surface area contributed by atoms with E-state index < -0.39 is 23.3 Å². The lowest BCUT2D eigenvalue weighted by Crippen LogP contribution is -2.41. The zero-order valence-corrected chi connectivity index (χ0v) is 23.0. The Hall–Kier alpha value is -4.25. The Morgan fingerprint density at radius 2 is 1.80 bits per heavy atom. The van der Waals surface area contributed by atoms with Crippen molar-refractivity contribution in [3.63, 3.8) is 0 Å². The molecule has 1 saturated heterocycles. The van der Waals surface area contributed by atoms with Crippen LogP contribution in [0.15, 0.2) is 65.5 Å². The molecule has 2 aromatic carbocycles. The summed E-state index contributed by atoms with van der Waals surface area (Å²) in [6.45, 7) is 5.94. The van der Waals surface area contributed by atoms with E-state index >= 15 is 0 Å². The third kappa shape index (κ3) is 5.69. The first-order valence-corrected chi connectivity index (χ1v) is 13.6. The Balaban J connectivity index is 1.54. The van der Waals surface area contributed by atoms with Crippen molar-refractivity contribution in [3.8, 4) is 5.69 Å². The Morgan fingerprint density at radius 1 is 1.05 bits per heavy atom. The summed E-state index contributed by atoms with van der Waals surface area (Å²) >= 11 is 1.11. The van der Waals surface area contributed by atoms with E-state index in [1.807, 2.05) is 6.07 Å². The van der Waals surface area contributed by atoms with E-state index in [0.717, 1.165) is 23.5 Å². The molecule has 5 rings (SSSR count). The van der Waals surface area contributed by atoms with Gasteiger partial charge in [-0.2, -0.15) is 0 Å². The summed E-state index contributed by atoms with van der Waals surface area (Å²) in [5.41, 5.74) is -0.0378. The SMILES string of the molecule is CC(C)(C)OC(=O)N[C@H]1CCN(C(=O)c2sc3c(ccc(=O)n3-c3ccccc3)c2Nc2ccc(F)cc2F)C1. The summed E-state index contributed by atoms with van der Waals surface area (Å²) in [7, 11) is 0. The second-order valence-corrected chi connectivity index (χ2v) is 11.5. The minimum absolute atomic E-state index is 0.0153. The number of ether oxygens (including phenoxy) is 1. The van der Waals surface area contributed by atoms with Crippen LogP contribution in [0.2, 0.25) is 0 Å². The summed E-state index contributed by atoms with van der Waals surface area (Å²) in [6.07, 6.45) is -0.0327. The highest BCUT2D eigenvalue weighted by atomic mass is 32.1. The van der Waals surface area contributed by atoms with Crippen LogP contribution in [0.3, 0.4) is 0 Å². The number of anilines is 2. The normalized spacial score (nSPS) is 15.3.